The van der Waals surface area contributed by atoms with Crippen LogP contribution in [0.1, 0.15) is 11.6 Å². The highest BCUT2D eigenvalue weighted by molar-refractivity contribution is 7.89. The topological polar surface area (TPSA) is 140 Å². The van der Waals surface area contributed by atoms with Crippen molar-refractivity contribution in [3.05, 3.63) is 23.7 Å². The maximum absolute atomic E-state index is 11.7. The summed E-state index contributed by atoms with van der Waals surface area (Å²) < 4.78 is 30.7. The zero-order chi connectivity index (χ0) is 12.3. The highest BCUT2D eigenvalue weighted by atomic mass is 32.2. The van der Waals surface area contributed by atoms with Crippen molar-refractivity contribution in [1.29, 1.82) is 0 Å². The van der Waals surface area contributed by atoms with Gasteiger partial charge in [0.15, 0.2) is 5.82 Å². The molecule has 0 aliphatic heterocycles. The molecule has 0 spiro atoms. The molecule has 0 aliphatic rings. The molecule has 0 bridgehead atoms. The molecule has 0 aromatic carbocycles. The molecule has 9 nitrogen and oxygen atoms in total. The first-order chi connectivity index (χ1) is 8.12. The van der Waals surface area contributed by atoms with Gasteiger partial charge in [-0.05, 0) is 12.1 Å². The van der Waals surface area contributed by atoms with Crippen LogP contribution in [0.15, 0.2) is 21.6 Å². The van der Waals surface area contributed by atoms with E-state index in [9.17, 15) is 8.42 Å². The molecule has 17 heavy (non-hydrogen) atoms. The van der Waals surface area contributed by atoms with Crippen LogP contribution in [-0.4, -0.2) is 29.0 Å². The van der Waals surface area contributed by atoms with E-state index < -0.39 is 10.0 Å². The maximum Gasteiger partial charge on any atom is 0.274 e. The highest BCUT2D eigenvalue weighted by Crippen LogP contribution is 2.13. The van der Waals surface area contributed by atoms with E-state index >= 15 is 0 Å². The fourth-order valence-corrected chi connectivity index (χ4v) is 2.03. The number of nitrogens with zero attached hydrogens (tertiary/aromatic N) is 3. The van der Waals surface area contributed by atoms with E-state index in [1.807, 2.05) is 0 Å². The highest BCUT2D eigenvalue weighted by Gasteiger charge is 2.18. The lowest BCUT2D eigenvalue weighted by Gasteiger charge is -2.00. The Hall–Kier alpha value is -1.78. The lowest BCUT2D eigenvalue weighted by Crippen LogP contribution is -2.23. The smallest absolute Gasteiger partial charge is 0.274 e. The third-order valence-corrected chi connectivity index (χ3v) is 3.19. The van der Waals surface area contributed by atoms with Crippen LogP contribution in [0.25, 0.3) is 0 Å². The fraction of sp³-hybridized carbons (Fsp3) is 0.286. The Kier molecular flexibility index (Phi) is 3.17. The van der Waals surface area contributed by atoms with Crippen LogP contribution < -0.4 is 10.5 Å². The summed E-state index contributed by atoms with van der Waals surface area (Å²) >= 11 is 0. The molecule has 2 aromatic heterocycles. The van der Waals surface area contributed by atoms with Gasteiger partial charge in [-0.1, -0.05) is 5.21 Å². The molecule has 0 fully saturated rings. The zero-order valence-electron chi connectivity index (χ0n) is 8.62. The Bertz CT molecular complexity index is 575. The van der Waals surface area contributed by atoms with Crippen LogP contribution in [0.4, 0.5) is 0 Å². The molecule has 92 valence electrons. The van der Waals surface area contributed by atoms with E-state index in [0.29, 0.717) is 5.76 Å². The first-order valence-corrected chi connectivity index (χ1v) is 6.11. The van der Waals surface area contributed by atoms with Crippen LogP contribution in [0.2, 0.25) is 0 Å². The van der Waals surface area contributed by atoms with Gasteiger partial charge in [-0.15, -0.1) is 10.2 Å². The normalized spacial score (nSPS) is 11.8. The molecule has 0 radical (unpaired) electrons. The van der Waals surface area contributed by atoms with Crippen molar-refractivity contribution < 1.29 is 12.8 Å². The third kappa shape index (κ3) is 2.67. The fourth-order valence-electron chi connectivity index (χ4n) is 1.10. The van der Waals surface area contributed by atoms with Crippen molar-refractivity contribution in [3.63, 3.8) is 0 Å². The number of sulfonamides is 1. The second kappa shape index (κ2) is 4.61. The zero-order valence-corrected chi connectivity index (χ0v) is 9.44. The maximum atomic E-state index is 11.7. The van der Waals surface area contributed by atoms with Gasteiger partial charge in [-0.3, -0.25) is 0 Å². The minimum atomic E-state index is -3.72. The van der Waals surface area contributed by atoms with Gasteiger partial charge in [0.2, 0.25) is 5.09 Å². The van der Waals surface area contributed by atoms with Gasteiger partial charge >= 0.3 is 0 Å². The molecule has 0 atom stereocenters. The summed E-state index contributed by atoms with van der Waals surface area (Å²) in [5.74, 6) is 0.629. The molecule has 0 amide bonds. The van der Waals surface area contributed by atoms with Crippen molar-refractivity contribution in [2.45, 2.75) is 18.2 Å². The standard InChI is InChI=1S/C7H10N6O3S/c8-3-5-1-2-7(16-5)17(14,15)9-4-6-10-12-13-11-6/h1-2,9H,3-4,8H2,(H,10,11,12,13). The summed E-state index contributed by atoms with van der Waals surface area (Å²) in [4.78, 5) is 0. The van der Waals surface area contributed by atoms with Crippen LogP contribution in [0.5, 0.6) is 0 Å². The van der Waals surface area contributed by atoms with Crippen molar-refractivity contribution >= 4 is 10.0 Å². The Morgan fingerprint density at radius 2 is 2.29 bits per heavy atom. The van der Waals surface area contributed by atoms with Gasteiger partial charge in [-0.25, -0.2) is 13.1 Å². The van der Waals surface area contributed by atoms with Crippen molar-refractivity contribution in [2.24, 2.45) is 5.73 Å². The van der Waals surface area contributed by atoms with E-state index in [1.54, 1.807) is 0 Å². The second-order valence-electron chi connectivity index (χ2n) is 3.08. The number of hydrogen-bond acceptors (Lipinski definition) is 7. The molecule has 4 N–H and O–H groups in total. The second-order valence-corrected chi connectivity index (χ2v) is 4.78. The van der Waals surface area contributed by atoms with Gasteiger partial charge in [-0.2, -0.15) is 5.21 Å². The minimum absolute atomic E-state index is 0.0719. The van der Waals surface area contributed by atoms with Gasteiger partial charge in [0.1, 0.15) is 5.76 Å². The van der Waals surface area contributed by atoms with Crippen molar-refractivity contribution in [1.82, 2.24) is 25.3 Å². The lowest BCUT2D eigenvalue weighted by atomic mass is 10.5. The van der Waals surface area contributed by atoms with E-state index in [2.05, 4.69) is 25.3 Å². The molecule has 2 rings (SSSR count). The quantitative estimate of drug-likeness (QED) is 0.607. The third-order valence-electron chi connectivity index (χ3n) is 1.91. The molecule has 0 saturated carbocycles. The minimum Gasteiger partial charge on any atom is -0.447 e. The predicted molar refractivity (Wildman–Crippen MR) is 54.8 cm³/mol. The number of aromatic nitrogens is 4. The molecule has 2 aromatic rings. The lowest BCUT2D eigenvalue weighted by molar-refractivity contribution is 0.412. The summed E-state index contributed by atoms with van der Waals surface area (Å²) in [6, 6.07) is 2.84. The van der Waals surface area contributed by atoms with Crippen LogP contribution in [-0.2, 0) is 23.1 Å². The number of tetrazole rings is 1. The van der Waals surface area contributed by atoms with Crippen LogP contribution in [0, 0.1) is 0 Å². The molecule has 0 saturated heterocycles. The van der Waals surface area contributed by atoms with Crippen molar-refractivity contribution in [2.75, 3.05) is 0 Å². The van der Waals surface area contributed by atoms with E-state index in [4.69, 9.17) is 10.2 Å². The summed E-state index contributed by atoms with van der Waals surface area (Å²) in [5, 5.41) is 12.5. The average molecular weight is 258 g/mol. The Balaban J connectivity index is 2.08. The van der Waals surface area contributed by atoms with Crippen molar-refractivity contribution in [3.8, 4) is 0 Å². The molecular formula is C7H10N6O3S. The SMILES string of the molecule is NCc1ccc(S(=O)(=O)NCc2nn[nH]n2)o1. The monoisotopic (exact) mass is 258 g/mol. The number of H-pyrrole nitrogens is 1. The molecule has 2 heterocycles. The molecule has 0 unspecified atom stereocenters. The Labute approximate surface area is 96.4 Å². The number of nitrogens with one attached hydrogen (secondary N) is 2. The Morgan fingerprint density at radius 3 is 2.88 bits per heavy atom. The van der Waals surface area contributed by atoms with Gasteiger partial charge in [0, 0.05) is 0 Å². The van der Waals surface area contributed by atoms with E-state index in [1.165, 1.54) is 12.1 Å². The summed E-state index contributed by atoms with van der Waals surface area (Å²) in [6.45, 7) is 0.0673. The van der Waals surface area contributed by atoms with Gasteiger partial charge in [0.25, 0.3) is 10.0 Å². The van der Waals surface area contributed by atoms with E-state index in [-0.39, 0.29) is 24.0 Å². The molecular weight excluding hydrogens is 248 g/mol. The first-order valence-electron chi connectivity index (χ1n) is 4.62. The van der Waals surface area contributed by atoms with Gasteiger partial charge < -0.3 is 10.2 Å². The number of rotatable bonds is 5. The first kappa shape index (κ1) is 11.7. The van der Waals surface area contributed by atoms with Gasteiger partial charge in [0.05, 0.1) is 13.1 Å². The number of aromatic amines is 1. The summed E-state index contributed by atoms with van der Waals surface area (Å²) in [7, 11) is -3.72. The largest absolute Gasteiger partial charge is 0.447 e. The number of hydrogen-bond donors (Lipinski definition) is 3. The summed E-state index contributed by atoms with van der Waals surface area (Å²) in [5.41, 5.74) is 5.32. The van der Waals surface area contributed by atoms with Crippen LogP contribution in [0.3, 0.4) is 0 Å². The average Bonchev–Trinajstić information content (AvgIpc) is 2.98. The molecule has 10 heteroatoms. The predicted octanol–water partition coefficient (Wildman–Crippen LogP) is -1.27. The molecule has 0 aliphatic carbocycles. The van der Waals surface area contributed by atoms with E-state index in [0.717, 1.165) is 0 Å². The summed E-state index contributed by atoms with van der Waals surface area (Å²) in [6.07, 6.45) is 0. The van der Waals surface area contributed by atoms with Crippen LogP contribution >= 0.6 is 0 Å². The Morgan fingerprint density at radius 1 is 1.47 bits per heavy atom. The number of nitrogens with two attached hydrogens (primary N) is 1. The number of furan rings is 1.